The largest absolute Gasteiger partial charge is 0.322 e. The number of carbonyl (C=O) groups excluding carboxylic acids is 2. The Morgan fingerprint density at radius 3 is 2.47 bits per heavy atom. The molecule has 0 spiro atoms. The Morgan fingerprint density at radius 1 is 1.10 bits per heavy atom. The van der Waals surface area contributed by atoms with Gasteiger partial charge in [-0.3, -0.25) is 14.5 Å². The number of amides is 2. The molecule has 1 N–H and O–H groups in total. The van der Waals surface area contributed by atoms with Gasteiger partial charge in [0.2, 0.25) is 21.8 Å². The second kappa shape index (κ2) is 7.81. The van der Waals surface area contributed by atoms with E-state index in [0.717, 1.165) is 12.8 Å². The van der Waals surface area contributed by atoms with E-state index in [1.807, 2.05) is 0 Å². The lowest BCUT2D eigenvalue weighted by atomic mass is 10.1. The molecule has 0 bridgehead atoms. The molecule has 0 saturated carbocycles. The third-order valence-electron chi connectivity index (χ3n) is 5.51. The van der Waals surface area contributed by atoms with Crippen LogP contribution in [0.25, 0.3) is 0 Å². The van der Waals surface area contributed by atoms with E-state index in [9.17, 15) is 22.4 Å². The van der Waals surface area contributed by atoms with Crippen molar-refractivity contribution < 1.29 is 22.4 Å². The molecule has 0 aliphatic carbocycles. The van der Waals surface area contributed by atoms with E-state index < -0.39 is 27.8 Å². The standard InChI is InChI=1S/C21H22FN3O4S/c1-14(26)25-19-9-8-16(30(28,29)24-10-4-5-11-24)12-15(19)13-20(25)21(27)23-18-7-3-2-6-17(18)22/h2-3,6-9,12,20H,4-5,10-11,13H2,1H3,(H,23,27)/t20-/m1/s1. The number of hydrogen-bond donors (Lipinski definition) is 1. The summed E-state index contributed by atoms with van der Waals surface area (Å²) in [5, 5.41) is 2.53. The number of para-hydroxylation sites is 1. The quantitative estimate of drug-likeness (QED) is 0.806. The number of carbonyl (C=O) groups is 2. The van der Waals surface area contributed by atoms with E-state index in [1.54, 1.807) is 12.1 Å². The molecule has 1 saturated heterocycles. The van der Waals surface area contributed by atoms with Gasteiger partial charge in [0.25, 0.3) is 0 Å². The van der Waals surface area contributed by atoms with Gasteiger partial charge in [0, 0.05) is 32.1 Å². The summed E-state index contributed by atoms with van der Waals surface area (Å²) in [6.07, 6.45) is 1.82. The van der Waals surface area contributed by atoms with E-state index in [4.69, 9.17) is 0 Å². The average molecular weight is 431 g/mol. The number of nitrogens with one attached hydrogen (secondary N) is 1. The number of benzene rings is 2. The number of halogens is 1. The van der Waals surface area contributed by atoms with Crippen molar-refractivity contribution in [3.05, 3.63) is 53.8 Å². The zero-order valence-electron chi connectivity index (χ0n) is 16.5. The van der Waals surface area contributed by atoms with Crippen LogP contribution >= 0.6 is 0 Å². The van der Waals surface area contributed by atoms with Gasteiger partial charge in [0.15, 0.2) is 0 Å². The smallest absolute Gasteiger partial charge is 0.247 e. The molecule has 158 valence electrons. The molecule has 1 fully saturated rings. The summed E-state index contributed by atoms with van der Waals surface area (Å²) in [4.78, 5) is 26.6. The van der Waals surface area contributed by atoms with Gasteiger partial charge in [-0.1, -0.05) is 12.1 Å². The molecule has 9 heteroatoms. The fourth-order valence-corrected chi connectivity index (χ4v) is 5.61. The Bertz CT molecular complexity index is 1110. The Hall–Kier alpha value is -2.78. The first kappa shape index (κ1) is 20.5. The van der Waals surface area contributed by atoms with E-state index in [0.29, 0.717) is 24.3 Å². The minimum absolute atomic E-state index is 0.0271. The van der Waals surface area contributed by atoms with Gasteiger partial charge >= 0.3 is 0 Å². The molecule has 30 heavy (non-hydrogen) atoms. The molecule has 0 unspecified atom stereocenters. The van der Waals surface area contributed by atoms with Gasteiger partial charge in [-0.25, -0.2) is 12.8 Å². The summed E-state index contributed by atoms with van der Waals surface area (Å²) in [6, 6.07) is 9.47. The maximum atomic E-state index is 13.9. The molecular weight excluding hydrogens is 409 g/mol. The summed E-state index contributed by atoms with van der Waals surface area (Å²) in [5.41, 5.74) is 1.12. The molecule has 0 radical (unpaired) electrons. The number of sulfonamides is 1. The fraction of sp³-hybridized carbons (Fsp3) is 0.333. The number of nitrogens with zero attached hydrogens (tertiary/aromatic N) is 2. The molecule has 2 heterocycles. The summed E-state index contributed by atoms with van der Waals surface area (Å²) in [6.45, 7) is 2.33. The molecule has 2 aliphatic rings. The SMILES string of the molecule is CC(=O)N1c2ccc(S(=O)(=O)N3CCCC3)cc2C[C@@H]1C(=O)Nc1ccccc1F. The van der Waals surface area contributed by atoms with Crippen molar-refractivity contribution in [2.75, 3.05) is 23.3 Å². The van der Waals surface area contributed by atoms with Gasteiger partial charge in [0.05, 0.1) is 10.6 Å². The Balaban J connectivity index is 1.63. The van der Waals surface area contributed by atoms with Crippen LogP contribution in [0.15, 0.2) is 47.4 Å². The normalized spacial score (nSPS) is 19.0. The van der Waals surface area contributed by atoms with E-state index in [1.165, 1.54) is 46.5 Å². The van der Waals surface area contributed by atoms with Gasteiger partial charge in [-0.2, -0.15) is 4.31 Å². The van der Waals surface area contributed by atoms with Crippen molar-refractivity contribution in [2.45, 2.75) is 37.1 Å². The predicted molar refractivity (Wildman–Crippen MR) is 110 cm³/mol. The first-order valence-electron chi connectivity index (χ1n) is 9.77. The molecular formula is C21H22FN3O4S. The highest BCUT2D eigenvalue weighted by molar-refractivity contribution is 7.89. The van der Waals surface area contributed by atoms with Crippen molar-refractivity contribution in [3.8, 4) is 0 Å². The van der Waals surface area contributed by atoms with Crippen LogP contribution in [0.4, 0.5) is 15.8 Å². The monoisotopic (exact) mass is 431 g/mol. The van der Waals surface area contributed by atoms with Crippen LogP contribution in [0.1, 0.15) is 25.3 Å². The second-order valence-corrected chi connectivity index (χ2v) is 9.42. The zero-order valence-corrected chi connectivity index (χ0v) is 17.3. The van der Waals surface area contributed by atoms with Crippen LogP contribution in [0, 0.1) is 5.82 Å². The fourth-order valence-electron chi connectivity index (χ4n) is 4.04. The van der Waals surface area contributed by atoms with Crippen LogP contribution in [-0.4, -0.2) is 43.7 Å². The van der Waals surface area contributed by atoms with Gasteiger partial charge in [0.1, 0.15) is 11.9 Å². The molecule has 0 aromatic heterocycles. The van der Waals surface area contributed by atoms with Crippen molar-refractivity contribution in [1.82, 2.24) is 4.31 Å². The molecule has 2 aromatic carbocycles. The third-order valence-corrected chi connectivity index (χ3v) is 7.41. The Labute approximate surface area is 174 Å². The summed E-state index contributed by atoms with van der Waals surface area (Å²) in [5.74, 6) is -1.46. The van der Waals surface area contributed by atoms with E-state index in [-0.39, 0.29) is 22.9 Å². The van der Waals surface area contributed by atoms with Crippen molar-refractivity contribution >= 4 is 33.2 Å². The lowest BCUT2D eigenvalue weighted by molar-refractivity contribution is -0.122. The van der Waals surface area contributed by atoms with Crippen LogP contribution in [0.3, 0.4) is 0 Å². The number of hydrogen-bond acceptors (Lipinski definition) is 4. The van der Waals surface area contributed by atoms with Gasteiger partial charge < -0.3 is 5.32 Å². The van der Waals surface area contributed by atoms with Crippen LogP contribution in [0.5, 0.6) is 0 Å². The highest BCUT2D eigenvalue weighted by atomic mass is 32.2. The predicted octanol–water partition coefficient (Wildman–Crippen LogP) is 2.53. The van der Waals surface area contributed by atoms with Gasteiger partial charge in [-0.05, 0) is 48.7 Å². The van der Waals surface area contributed by atoms with Crippen LogP contribution in [0.2, 0.25) is 0 Å². The highest BCUT2D eigenvalue weighted by Gasteiger charge is 2.38. The van der Waals surface area contributed by atoms with Crippen molar-refractivity contribution in [1.29, 1.82) is 0 Å². The Morgan fingerprint density at radius 2 is 1.80 bits per heavy atom. The summed E-state index contributed by atoms with van der Waals surface area (Å²) < 4.78 is 41.1. The van der Waals surface area contributed by atoms with Gasteiger partial charge in [-0.15, -0.1) is 0 Å². The Kier molecular flexibility index (Phi) is 5.33. The topological polar surface area (TPSA) is 86.8 Å². The maximum absolute atomic E-state index is 13.9. The summed E-state index contributed by atoms with van der Waals surface area (Å²) >= 11 is 0. The highest BCUT2D eigenvalue weighted by Crippen LogP contribution is 2.35. The van der Waals surface area contributed by atoms with E-state index >= 15 is 0 Å². The number of anilines is 2. The van der Waals surface area contributed by atoms with Crippen molar-refractivity contribution in [2.24, 2.45) is 0 Å². The molecule has 4 rings (SSSR count). The third kappa shape index (κ3) is 3.59. The number of rotatable bonds is 4. The minimum Gasteiger partial charge on any atom is -0.322 e. The lowest BCUT2D eigenvalue weighted by Gasteiger charge is -2.23. The molecule has 1 atom stereocenters. The van der Waals surface area contributed by atoms with Crippen LogP contribution < -0.4 is 10.2 Å². The molecule has 7 nitrogen and oxygen atoms in total. The first-order chi connectivity index (χ1) is 14.3. The van der Waals surface area contributed by atoms with Crippen molar-refractivity contribution in [3.63, 3.8) is 0 Å². The maximum Gasteiger partial charge on any atom is 0.247 e. The zero-order chi connectivity index (χ0) is 21.5. The number of fused-ring (bicyclic) bond motifs is 1. The molecule has 2 amide bonds. The summed E-state index contributed by atoms with van der Waals surface area (Å²) in [7, 11) is -3.61. The lowest BCUT2D eigenvalue weighted by Crippen LogP contribution is -2.44. The van der Waals surface area contributed by atoms with Crippen LogP contribution in [-0.2, 0) is 26.0 Å². The minimum atomic E-state index is -3.61. The average Bonchev–Trinajstić information content (AvgIpc) is 3.37. The molecule has 2 aliphatic heterocycles. The first-order valence-corrected chi connectivity index (χ1v) is 11.2. The second-order valence-electron chi connectivity index (χ2n) is 7.48. The molecule has 2 aromatic rings. The van der Waals surface area contributed by atoms with E-state index in [2.05, 4.69) is 5.32 Å².